The molecule has 0 aromatic heterocycles. The molecule has 15 heavy (non-hydrogen) atoms. The lowest BCUT2D eigenvalue weighted by atomic mass is 9.95. The van der Waals surface area contributed by atoms with E-state index in [1.54, 1.807) is 18.2 Å². The lowest BCUT2D eigenvalue weighted by molar-refractivity contribution is -0.131. The van der Waals surface area contributed by atoms with Crippen molar-refractivity contribution in [2.75, 3.05) is 0 Å². The number of carbonyl (C=O) groups excluding carboxylic acids is 1. The molecule has 1 rings (SSSR count). The highest BCUT2D eigenvalue weighted by molar-refractivity contribution is 9.10. The Balaban J connectivity index is 3.30. The topological polar surface area (TPSA) is 54.4 Å². The molecule has 0 aliphatic carbocycles. The van der Waals surface area contributed by atoms with Gasteiger partial charge >= 0.3 is 5.97 Å². The van der Waals surface area contributed by atoms with Crippen LogP contribution in [0.4, 0.5) is 0 Å². The third-order valence-electron chi connectivity index (χ3n) is 2.08. The van der Waals surface area contributed by atoms with E-state index in [4.69, 9.17) is 5.11 Å². The molecule has 0 unspecified atom stereocenters. The molecular weight excluding hydrogens is 260 g/mol. The van der Waals surface area contributed by atoms with Gasteiger partial charge in [0.1, 0.15) is 0 Å². The van der Waals surface area contributed by atoms with Crippen LogP contribution >= 0.6 is 15.9 Å². The minimum Gasteiger partial charge on any atom is -0.475 e. The van der Waals surface area contributed by atoms with Gasteiger partial charge in [-0.25, -0.2) is 4.79 Å². The van der Waals surface area contributed by atoms with Crippen molar-refractivity contribution in [2.24, 2.45) is 0 Å². The molecule has 1 aromatic rings. The largest absolute Gasteiger partial charge is 0.475 e. The number of halogens is 1. The van der Waals surface area contributed by atoms with Crippen LogP contribution in [0, 0.1) is 0 Å². The predicted molar refractivity (Wildman–Crippen MR) is 60.2 cm³/mol. The summed E-state index contributed by atoms with van der Waals surface area (Å²) in [6.07, 6.45) is 0. The Morgan fingerprint density at radius 3 is 2.40 bits per heavy atom. The van der Waals surface area contributed by atoms with Crippen molar-refractivity contribution in [3.63, 3.8) is 0 Å². The first kappa shape index (κ1) is 11.9. The fourth-order valence-corrected chi connectivity index (χ4v) is 1.70. The molecule has 80 valence electrons. The molecule has 4 heteroatoms. The molecule has 0 saturated carbocycles. The Kier molecular flexibility index (Phi) is 3.63. The van der Waals surface area contributed by atoms with Crippen molar-refractivity contribution in [3.05, 3.63) is 33.8 Å². The molecule has 1 N–H and O–H groups in total. The van der Waals surface area contributed by atoms with E-state index >= 15 is 0 Å². The number of aliphatic carboxylic acids is 1. The van der Waals surface area contributed by atoms with Gasteiger partial charge < -0.3 is 5.11 Å². The quantitative estimate of drug-likeness (QED) is 0.679. The molecule has 0 amide bonds. The third-order valence-corrected chi connectivity index (χ3v) is 2.57. The van der Waals surface area contributed by atoms with Gasteiger partial charge in [-0.1, -0.05) is 35.8 Å². The Labute approximate surface area is 96.2 Å². The Morgan fingerprint density at radius 1 is 1.33 bits per heavy atom. The zero-order valence-electron chi connectivity index (χ0n) is 8.45. The summed E-state index contributed by atoms with van der Waals surface area (Å²) in [4.78, 5) is 22.0. The van der Waals surface area contributed by atoms with Gasteiger partial charge in [0.25, 0.3) is 5.78 Å². The normalized spacial score (nSPS) is 10.4. The van der Waals surface area contributed by atoms with Crippen LogP contribution in [0.25, 0.3) is 0 Å². The zero-order chi connectivity index (χ0) is 11.6. The molecular formula is C11H11BrO3. The molecule has 0 fully saturated rings. The van der Waals surface area contributed by atoms with Crippen LogP contribution in [0.15, 0.2) is 22.7 Å². The van der Waals surface area contributed by atoms with Crippen LogP contribution in [0.5, 0.6) is 0 Å². The third kappa shape index (κ3) is 2.65. The fraction of sp³-hybridized carbons (Fsp3) is 0.273. The van der Waals surface area contributed by atoms with Crippen molar-refractivity contribution in [2.45, 2.75) is 19.8 Å². The van der Waals surface area contributed by atoms with Crippen LogP contribution in [-0.2, 0) is 4.79 Å². The van der Waals surface area contributed by atoms with Crippen molar-refractivity contribution < 1.29 is 14.7 Å². The van der Waals surface area contributed by atoms with E-state index in [1.807, 2.05) is 13.8 Å². The summed E-state index contributed by atoms with van der Waals surface area (Å²) in [5.41, 5.74) is 1.01. The maximum absolute atomic E-state index is 11.4. The van der Waals surface area contributed by atoms with Crippen LogP contribution in [0.2, 0.25) is 0 Å². The summed E-state index contributed by atoms with van der Waals surface area (Å²) in [7, 11) is 0. The molecule has 0 aliphatic rings. The number of hydrogen-bond donors (Lipinski definition) is 1. The van der Waals surface area contributed by atoms with E-state index in [2.05, 4.69) is 15.9 Å². The number of carboxylic acid groups (broad SMARTS) is 1. The van der Waals surface area contributed by atoms with Gasteiger partial charge in [-0.15, -0.1) is 0 Å². The molecule has 0 aliphatic heterocycles. The molecule has 0 heterocycles. The van der Waals surface area contributed by atoms with E-state index in [9.17, 15) is 9.59 Å². The highest BCUT2D eigenvalue weighted by atomic mass is 79.9. The summed E-state index contributed by atoms with van der Waals surface area (Å²) >= 11 is 3.22. The van der Waals surface area contributed by atoms with Crippen LogP contribution < -0.4 is 0 Å². The Hall–Kier alpha value is -1.16. The van der Waals surface area contributed by atoms with Crippen LogP contribution in [0.1, 0.15) is 35.7 Å². The maximum Gasteiger partial charge on any atom is 0.377 e. The summed E-state index contributed by atoms with van der Waals surface area (Å²) < 4.78 is 0.705. The number of benzene rings is 1. The van der Waals surface area contributed by atoms with E-state index in [1.165, 1.54) is 0 Å². The minimum absolute atomic E-state index is 0.122. The van der Waals surface area contributed by atoms with E-state index in [0.717, 1.165) is 5.56 Å². The van der Waals surface area contributed by atoms with Gasteiger partial charge in [-0.2, -0.15) is 0 Å². The number of rotatable bonds is 3. The summed E-state index contributed by atoms with van der Waals surface area (Å²) in [6, 6.07) is 5.12. The Bertz CT molecular complexity index is 410. The predicted octanol–water partition coefficient (Wildman–Crippen LogP) is 2.84. The molecule has 0 atom stereocenters. The standard InChI is InChI=1S/C11H11BrO3/c1-6(2)8-4-3-7(12)5-9(8)10(13)11(14)15/h3-6H,1-2H3,(H,14,15). The van der Waals surface area contributed by atoms with E-state index in [-0.39, 0.29) is 11.5 Å². The second-order valence-electron chi connectivity index (χ2n) is 3.52. The molecule has 0 bridgehead atoms. The number of Topliss-reactive ketones (excluding diaryl/α,β-unsaturated/α-hetero) is 1. The second-order valence-corrected chi connectivity index (χ2v) is 4.44. The van der Waals surface area contributed by atoms with Crippen molar-refractivity contribution in [1.82, 2.24) is 0 Å². The lowest BCUT2D eigenvalue weighted by Crippen LogP contribution is -2.15. The van der Waals surface area contributed by atoms with Gasteiger partial charge in [0.15, 0.2) is 0 Å². The van der Waals surface area contributed by atoms with Crippen molar-refractivity contribution in [1.29, 1.82) is 0 Å². The molecule has 0 radical (unpaired) electrons. The molecule has 3 nitrogen and oxygen atoms in total. The number of ketones is 1. The van der Waals surface area contributed by atoms with Gasteiger partial charge in [0.05, 0.1) is 0 Å². The van der Waals surface area contributed by atoms with E-state index in [0.29, 0.717) is 4.47 Å². The lowest BCUT2D eigenvalue weighted by Gasteiger charge is -2.10. The smallest absolute Gasteiger partial charge is 0.377 e. The fourth-order valence-electron chi connectivity index (χ4n) is 1.34. The summed E-state index contributed by atoms with van der Waals surface area (Å²) in [5, 5.41) is 8.67. The van der Waals surface area contributed by atoms with Crippen LogP contribution in [-0.4, -0.2) is 16.9 Å². The van der Waals surface area contributed by atoms with Gasteiger partial charge in [-0.05, 0) is 23.6 Å². The molecule has 1 aromatic carbocycles. The SMILES string of the molecule is CC(C)c1ccc(Br)cc1C(=O)C(=O)O. The van der Waals surface area contributed by atoms with Crippen molar-refractivity contribution in [3.8, 4) is 0 Å². The van der Waals surface area contributed by atoms with Gasteiger partial charge in [0.2, 0.25) is 0 Å². The highest BCUT2D eigenvalue weighted by Gasteiger charge is 2.19. The minimum atomic E-state index is -1.42. The van der Waals surface area contributed by atoms with Crippen molar-refractivity contribution >= 4 is 27.7 Å². The summed E-state index contributed by atoms with van der Waals surface area (Å²) in [5.74, 6) is -2.16. The first-order chi connectivity index (χ1) is 6.93. The average molecular weight is 271 g/mol. The second kappa shape index (κ2) is 4.57. The molecule has 0 spiro atoms. The Morgan fingerprint density at radius 2 is 1.93 bits per heavy atom. The van der Waals surface area contributed by atoms with Gasteiger partial charge in [0, 0.05) is 10.0 Å². The first-order valence-electron chi connectivity index (χ1n) is 4.50. The number of carboxylic acids is 1. The number of carbonyl (C=O) groups is 2. The molecule has 0 saturated heterocycles. The number of hydrogen-bond acceptors (Lipinski definition) is 2. The van der Waals surface area contributed by atoms with Gasteiger partial charge in [-0.3, -0.25) is 4.79 Å². The monoisotopic (exact) mass is 270 g/mol. The average Bonchev–Trinajstić information content (AvgIpc) is 2.15. The first-order valence-corrected chi connectivity index (χ1v) is 5.30. The van der Waals surface area contributed by atoms with E-state index < -0.39 is 11.8 Å². The van der Waals surface area contributed by atoms with Crippen LogP contribution in [0.3, 0.4) is 0 Å². The maximum atomic E-state index is 11.4. The summed E-state index contributed by atoms with van der Waals surface area (Å²) in [6.45, 7) is 3.84. The zero-order valence-corrected chi connectivity index (χ0v) is 10.0. The highest BCUT2D eigenvalue weighted by Crippen LogP contribution is 2.23.